The number of aliphatic imine (C=N–C) groups is 1. The first kappa shape index (κ1) is 19.9. The van der Waals surface area contributed by atoms with Crippen LogP contribution in [-0.4, -0.2) is 33.8 Å². The van der Waals surface area contributed by atoms with Gasteiger partial charge in [-0.05, 0) is 61.4 Å². The summed E-state index contributed by atoms with van der Waals surface area (Å²) in [5, 5.41) is 2.75. The second-order valence-corrected chi connectivity index (χ2v) is 8.13. The maximum Gasteiger partial charge on any atom is 0.262 e. The van der Waals surface area contributed by atoms with Crippen molar-refractivity contribution in [2.45, 2.75) is 30.6 Å². The van der Waals surface area contributed by atoms with E-state index in [1.54, 1.807) is 43.5 Å². The van der Waals surface area contributed by atoms with Crippen LogP contribution in [0.2, 0.25) is 0 Å². The molecule has 0 unspecified atom stereocenters. The zero-order valence-electron chi connectivity index (χ0n) is 15.6. The molecule has 148 valence electrons. The van der Waals surface area contributed by atoms with E-state index in [1.807, 2.05) is 0 Å². The smallest absolute Gasteiger partial charge is 0.262 e. The van der Waals surface area contributed by atoms with E-state index < -0.39 is 10.0 Å². The van der Waals surface area contributed by atoms with Crippen molar-refractivity contribution in [1.29, 1.82) is 0 Å². The second-order valence-electron chi connectivity index (χ2n) is 6.45. The topological polar surface area (TPSA) is 96.9 Å². The van der Waals surface area contributed by atoms with Crippen LogP contribution in [0.25, 0.3) is 0 Å². The Labute approximate surface area is 164 Å². The molecule has 0 bridgehead atoms. The molecule has 1 aliphatic heterocycles. The van der Waals surface area contributed by atoms with Gasteiger partial charge in [-0.2, -0.15) is 0 Å². The SMILES string of the molecule is COc1ccc(C(=O)Nc2ccc(S(=O)(=O)NC3=NCCCCC3)cc2)cc1. The molecule has 2 N–H and O–H groups in total. The Morgan fingerprint density at radius 1 is 1.00 bits per heavy atom. The average Bonchev–Trinajstić information content (AvgIpc) is 2.96. The quantitative estimate of drug-likeness (QED) is 0.804. The van der Waals surface area contributed by atoms with Crippen molar-refractivity contribution in [3.63, 3.8) is 0 Å². The zero-order valence-corrected chi connectivity index (χ0v) is 16.5. The number of rotatable bonds is 5. The molecular weight excluding hydrogens is 378 g/mol. The molecule has 0 fully saturated rings. The highest BCUT2D eigenvalue weighted by Gasteiger charge is 2.17. The van der Waals surface area contributed by atoms with E-state index in [9.17, 15) is 13.2 Å². The van der Waals surface area contributed by atoms with Gasteiger partial charge in [0, 0.05) is 24.2 Å². The Balaban J connectivity index is 1.66. The summed E-state index contributed by atoms with van der Waals surface area (Å²) < 4.78 is 32.7. The lowest BCUT2D eigenvalue weighted by atomic mass is 10.2. The van der Waals surface area contributed by atoms with Crippen molar-refractivity contribution in [2.24, 2.45) is 4.99 Å². The molecule has 0 aromatic heterocycles. The molecule has 0 radical (unpaired) electrons. The summed E-state index contributed by atoms with van der Waals surface area (Å²) in [4.78, 5) is 16.7. The first-order valence-corrected chi connectivity index (χ1v) is 10.6. The lowest BCUT2D eigenvalue weighted by Gasteiger charge is -2.11. The predicted octanol–water partition coefficient (Wildman–Crippen LogP) is 3.20. The first-order chi connectivity index (χ1) is 13.5. The van der Waals surface area contributed by atoms with Crippen LogP contribution in [0.1, 0.15) is 36.0 Å². The molecule has 1 aliphatic rings. The monoisotopic (exact) mass is 401 g/mol. The Kier molecular flexibility index (Phi) is 6.30. The van der Waals surface area contributed by atoms with Crippen molar-refractivity contribution in [2.75, 3.05) is 19.0 Å². The van der Waals surface area contributed by atoms with Crippen LogP contribution < -0.4 is 14.8 Å². The number of hydrogen-bond donors (Lipinski definition) is 2. The van der Waals surface area contributed by atoms with E-state index in [2.05, 4.69) is 15.0 Å². The summed E-state index contributed by atoms with van der Waals surface area (Å²) in [6.07, 6.45) is 3.60. The molecule has 8 heteroatoms. The van der Waals surface area contributed by atoms with Gasteiger partial charge in [-0.1, -0.05) is 6.42 Å². The number of methoxy groups -OCH3 is 1. The molecule has 0 saturated heterocycles. The van der Waals surface area contributed by atoms with Crippen molar-refractivity contribution in [3.8, 4) is 5.75 Å². The highest BCUT2D eigenvalue weighted by molar-refractivity contribution is 7.90. The largest absolute Gasteiger partial charge is 0.497 e. The number of nitrogens with one attached hydrogen (secondary N) is 2. The third-order valence-corrected chi connectivity index (χ3v) is 5.80. The van der Waals surface area contributed by atoms with Crippen molar-refractivity contribution in [1.82, 2.24) is 4.72 Å². The lowest BCUT2D eigenvalue weighted by molar-refractivity contribution is 0.102. The summed E-state index contributed by atoms with van der Waals surface area (Å²) in [6, 6.07) is 12.8. The predicted molar refractivity (Wildman–Crippen MR) is 108 cm³/mol. The average molecular weight is 401 g/mol. The zero-order chi connectivity index (χ0) is 20.0. The minimum Gasteiger partial charge on any atom is -0.497 e. The maximum atomic E-state index is 12.5. The summed E-state index contributed by atoms with van der Waals surface area (Å²) in [5.41, 5.74) is 0.983. The molecule has 0 atom stereocenters. The number of anilines is 1. The normalized spacial score (nSPS) is 14.5. The molecule has 7 nitrogen and oxygen atoms in total. The Hall–Kier alpha value is -2.87. The van der Waals surface area contributed by atoms with Gasteiger partial charge in [0.2, 0.25) is 0 Å². The Morgan fingerprint density at radius 3 is 2.39 bits per heavy atom. The molecule has 28 heavy (non-hydrogen) atoms. The van der Waals surface area contributed by atoms with Gasteiger partial charge in [-0.15, -0.1) is 0 Å². The third kappa shape index (κ3) is 5.10. The molecule has 0 saturated carbocycles. The Morgan fingerprint density at radius 2 is 1.71 bits per heavy atom. The van der Waals surface area contributed by atoms with E-state index >= 15 is 0 Å². The molecule has 0 aliphatic carbocycles. The second kappa shape index (κ2) is 8.88. The van der Waals surface area contributed by atoms with Gasteiger partial charge in [-0.25, -0.2) is 8.42 Å². The number of carbonyl (C=O) groups is 1. The van der Waals surface area contributed by atoms with Gasteiger partial charge in [0.15, 0.2) is 0 Å². The van der Waals surface area contributed by atoms with Crippen molar-refractivity contribution in [3.05, 3.63) is 54.1 Å². The van der Waals surface area contributed by atoms with Crippen LogP contribution in [0.5, 0.6) is 5.75 Å². The molecule has 3 rings (SSSR count). The number of benzene rings is 2. The molecule has 0 spiro atoms. The van der Waals surface area contributed by atoms with E-state index in [0.717, 1.165) is 19.3 Å². The highest BCUT2D eigenvalue weighted by atomic mass is 32.2. The molecule has 2 aromatic carbocycles. The van der Waals surface area contributed by atoms with Crippen LogP contribution in [0, 0.1) is 0 Å². The van der Waals surface area contributed by atoms with Crippen molar-refractivity contribution >= 4 is 27.5 Å². The number of carbonyl (C=O) groups excluding carboxylic acids is 1. The van der Waals surface area contributed by atoms with Crippen molar-refractivity contribution < 1.29 is 17.9 Å². The fourth-order valence-corrected chi connectivity index (χ4v) is 3.92. The molecular formula is C20H23N3O4S. The number of amidine groups is 1. The molecule has 1 amide bonds. The van der Waals surface area contributed by atoms with Gasteiger partial charge in [0.25, 0.3) is 15.9 Å². The number of ether oxygens (including phenoxy) is 1. The highest BCUT2D eigenvalue weighted by Crippen LogP contribution is 2.17. The van der Waals surface area contributed by atoms with Gasteiger partial charge >= 0.3 is 0 Å². The minimum atomic E-state index is -3.69. The van der Waals surface area contributed by atoms with Gasteiger partial charge in [0.05, 0.1) is 12.0 Å². The van der Waals surface area contributed by atoms with Crippen LogP contribution in [0.3, 0.4) is 0 Å². The van der Waals surface area contributed by atoms with Crippen LogP contribution in [0.4, 0.5) is 5.69 Å². The van der Waals surface area contributed by atoms with Crippen LogP contribution in [0.15, 0.2) is 58.4 Å². The number of sulfonamides is 1. The maximum absolute atomic E-state index is 12.5. The summed E-state index contributed by atoms with van der Waals surface area (Å²) in [7, 11) is -2.13. The van der Waals surface area contributed by atoms with E-state index in [4.69, 9.17) is 4.74 Å². The minimum absolute atomic E-state index is 0.127. The summed E-state index contributed by atoms with van der Waals surface area (Å²) >= 11 is 0. The van der Waals surface area contributed by atoms with Crippen LogP contribution in [-0.2, 0) is 10.0 Å². The molecule has 1 heterocycles. The van der Waals surface area contributed by atoms with E-state index in [0.29, 0.717) is 35.8 Å². The number of amides is 1. The standard InChI is InChI=1S/C20H23N3O4S/c1-27-17-10-6-15(7-11-17)20(24)22-16-8-12-18(13-9-16)28(25,26)23-19-5-3-2-4-14-21-19/h6-13H,2-5,14H2,1H3,(H,21,23)(H,22,24). The fraction of sp³-hybridized carbons (Fsp3) is 0.300. The Bertz CT molecular complexity index is 952. The number of hydrogen-bond acceptors (Lipinski definition) is 5. The van der Waals surface area contributed by atoms with Gasteiger partial charge < -0.3 is 10.1 Å². The number of nitrogens with zero attached hydrogens (tertiary/aromatic N) is 1. The van der Waals surface area contributed by atoms with E-state index in [-0.39, 0.29) is 10.8 Å². The van der Waals surface area contributed by atoms with E-state index in [1.165, 1.54) is 12.1 Å². The summed E-state index contributed by atoms with van der Waals surface area (Å²) in [6.45, 7) is 0.647. The molecule has 2 aromatic rings. The van der Waals surface area contributed by atoms with Crippen LogP contribution >= 0.6 is 0 Å². The third-order valence-electron chi connectivity index (χ3n) is 4.40. The van der Waals surface area contributed by atoms with Gasteiger partial charge in [0.1, 0.15) is 11.6 Å². The first-order valence-electron chi connectivity index (χ1n) is 9.09. The van der Waals surface area contributed by atoms with Gasteiger partial charge in [-0.3, -0.25) is 14.5 Å². The lowest BCUT2D eigenvalue weighted by Crippen LogP contribution is -2.30. The fourth-order valence-electron chi connectivity index (χ4n) is 2.83. The summed E-state index contributed by atoms with van der Waals surface area (Å²) in [5.74, 6) is 0.885.